The maximum atomic E-state index is 9.08. The van der Waals surface area contributed by atoms with Crippen LogP contribution in [0, 0.1) is 0 Å². The zero-order chi connectivity index (χ0) is 9.68. The van der Waals surface area contributed by atoms with Crippen LogP contribution in [0.3, 0.4) is 0 Å². The maximum Gasteiger partial charge on any atom is 0.115 e. The Morgan fingerprint density at radius 2 is 1.92 bits per heavy atom. The van der Waals surface area contributed by atoms with Crippen LogP contribution >= 0.6 is 0 Å². The second kappa shape index (κ2) is 4.51. The molecule has 0 amide bonds. The first-order valence-electron chi connectivity index (χ1n) is 4.32. The molecule has 1 atom stereocenters. The van der Waals surface area contributed by atoms with E-state index in [4.69, 9.17) is 5.11 Å². The molecule has 0 spiro atoms. The zero-order valence-corrected chi connectivity index (χ0v) is 7.77. The van der Waals surface area contributed by atoms with E-state index in [1.165, 1.54) is 5.56 Å². The lowest BCUT2D eigenvalue weighted by Gasteiger charge is -2.05. The molecular formula is C12H14O. The molecule has 13 heavy (non-hydrogen) atoms. The van der Waals surface area contributed by atoms with Gasteiger partial charge in [-0.2, -0.15) is 0 Å². The second-order valence-electron chi connectivity index (χ2n) is 3.00. The highest BCUT2D eigenvalue weighted by Crippen LogP contribution is 2.19. The van der Waals surface area contributed by atoms with Crippen molar-refractivity contribution in [1.82, 2.24) is 0 Å². The molecule has 68 valence electrons. The van der Waals surface area contributed by atoms with Crippen LogP contribution in [0.2, 0.25) is 0 Å². The molecule has 1 unspecified atom stereocenters. The van der Waals surface area contributed by atoms with E-state index in [0.717, 1.165) is 0 Å². The van der Waals surface area contributed by atoms with E-state index in [-0.39, 0.29) is 0 Å². The number of phenols is 1. The number of hydrogen-bond acceptors (Lipinski definition) is 1. The lowest BCUT2D eigenvalue weighted by molar-refractivity contribution is 0.475. The molecule has 0 aliphatic heterocycles. The number of allylic oxidation sites excluding steroid dienone is 3. The first-order valence-corrected chi connectivity index (χ1v) is 4.32. The average Bonchev–Trinajstić information content (AvgIpc) is 2.15. The van der Waals surface area contributed by atoms with Crippen LogP contribution in [0.25, 0.3) is 0 Å². The molecule has 1 N–H and O–H groups in total. The molecule has 0 aliphatic carbocycles. The predicted molar refractivity (Wildman–Crippen MR) is 55.9 cm³/mol. The third-order valence-electron chi connectivity index (χ3n) is 1.95. The van der Waals surface area contributed by atoms with Crippen LogP contribution in [-0.4, -0.2) is 5.11 Å². The molecule has 0 fully saturated rings. The minimum Gasteiger partial charge on any atom is -0.508 e. The average molecular weight is 174 g/mol. The number of hydrogen-bond donors (Lipinski definition) is 1. The Morgan fingerprint density at radius 3 is 2.46 bits per heavy atom. The summed E-state index contributed by atoms with van der Waals surface area (Å²) in [5, 5.41) is 9.08. The molecule has 0 heterocycles. The molecule has 0 aliphatic rings. The van der Waals surface area contributed by atoms with E-state index in [9.17, 15) is 0 Å². The second-order valence-corrected chi connectivity index (χ2v) is 3.00. The number of benzene rings is 1. The Hall–Kier alpha value is -1.50. The van der Waals surface area contributed by atoms with Crippen molar-refractivity contribution in [2.75, 3.05) is 0 Å². The highest BCUT2D eigenvalue weighted by Gasteiger charge is 1.99. The van der Waals surface area contributed by atoms with Gasteiger partial charge in [0.1, 0.15) is 5.75 Å². The highest BCUT2D eigenvalue weighted by atomic mass is 16.3. The van der Waals surface area contributed by atoms with E-state index >= 15 is 0 Å². The molecule has 0 aromatic heterocycles. The normalized spacial score (nSPS) is 13.0. The van der Waals surface area contributed by atoms with E-state index in [1.807, 2.05) is 18.2 Å². The van der Waals surface area contributed by atoms with Gasteiger partial charge >= 0.3 is 0 Å². The van der Waals surface area contributed by atoms with E-state index < -0.39 is 0 Å². The maximum absolute atomic E-state index is 9.08. The summed E-state index contributed by atoms with van der Waals surface area (Å²) < 4.78 is 0. The monoisotopic (exact) mass is 174 g/mol. The highest BCUT2D eigenvalue weighted by molar-refractivity contribution is 5.30. The fraction of sp³-hybridized carbons (Fsp3) is 0.167. The van der Waals surface area contributed by atoms with Crippen molar-refractivity contribution in [3.63, 3.8) is 0 Å². The summed E-state index contributed by atoms with van der Waals surface area (Å²) in [4.78, 5) is 0. The fourth-order valence-electron chi connectivity index (χ4n) is 1.13. The molecule has 1 rings (SSSR count). The van der Waals surface area contributed by atoms with Crippen LogP contribution in [0.15, 0.2) is 49.1 Å². The van der Waals surface area contributed by atoms with Crippen LogP contribution in [0.1, 0.15) is 18.4 Å². The smallest absolute Gasteiger partial charge is 0.115 e. The quantitative estimate of drug-likeness (QED) is 0.697. The Bertz CT molecular complexity index is 295. The van der Waals surface area contributed by atoms with Crippen molar-refractivity contribution in [2.45, 2.75) is 12.8 Å². The third-order valence-corrected chi connectivity index (χ3v) is 1.95. The van der Waals surface area contributed by atoms with E-state index in [1.54, 1.807) is 18.2 Å². The van der Waals surface area contributed by atoms with Gasteiger partial charge in [-0.25, -0.2) is 0 Å². The van der Waals surface area contributed by atoms with Gasteiger partial charge in [0.05, 0.1) is 0 Å². The van der Waals surface area contributed by atoms with Gasteiger partial charge in [-0.15, -0.1) is 0 Å². The summed E-state index contributed by atoms with van der Waals surface area (Å²) in [7, 11) is 0. The van der Waals surface area contributed by atoms with Crippen molar-refractivity contribution in [2.24, 2.45) is 0 Å². The topological polar surface area (TPSA) is 20.2 Å². The predicted octanol–water partition coefficient (Wildman–Crippen LogP) is 3.24. The molecule has 1 heteroatoms. The molecule has 1 aromatic carbocycles. The van der Waals surface area contributed by atoms with Crippen LogP contribution in [0.4, 0.5) is 0 Å². The molecule has 1 aromatic rings. The number of aromatic hydroxyl groups is 1. The van der Waals surface area contributed by atoms with Gasteiger partial charge in [0.25, 0.3) is 0 Å². The molecule has 0 bridgehead atoms. The summed E-state index contributed by atoms with van der Waals surface area (Å²) in [6.07, 6.45) is 5.76. The molecular weight excluding hydrogens is 160 g/mol. The summed E-state index contributed by atoms with van der Waals surface area (Å²) in [5.74, 6) is 0.669. The lowest BCUT2D eigenvalue weighted by atomic mass is 10.0. The Labute approximate surface area is 79.0 Å². The first kappa shape index (κ1) is 9.59. The van der Waals surface area contributed by atoms with Crippen LogP contribution in [0.5, 0.6) is 5.75 Å². The third kappa shape index (κ3) is 2.79. The standard InChI is InChI=1S/C12H14O/c1-3-4-5-10(2)11-6-8-12(13)9-7-11/h3-10,13H,1H2,2H3/b5-4+. The summed E-state index contributed by atoms with van der Waals surface area (Å²) >= 11 is 0. The molecule has 0 saturated heterocycles. The summed E-state index contributed by atoms with van der Waals surface area (Å²) in [6, 6.07) is 7.25. The van der Waals surface area contributed by atoms with Gasteiger partial charge in [0.2, 0.25) is 0 Å². The largest absolute Gasteiger partial charge is 0.508 e. The Kier molecular flexibility index (Phi) is 3.32. The summed E-state index contributed by atoms with van der Waals surface area (Å²) in [5.41, 5.74) is 1.19. The SMILES string of the molecule is C=C/C=C/C(C)c1ccc(O)cc1. The lowest BCUT2D eigenvalue weighted by Crippen LogP contribution is -1.87. The van der Waals surface area contributed by atoms with Crippen LogP contribution in [-0.2, 0) is 0 Å². The summed E-state index contributed by atoms with van der Waals surface area (Å²) in [6.45, 7) is 5.72. The van der Waals surface area contributed by atoms with Crippen molar-refractivity contribution in [3.8, 4) is 5.75 Å². The minimum absolute atomic E-state index is 0.309. The van der Waals surface area contributed by atoms with Crippen molar-refractivity contribution in [1.29, 1.82) is 0 Å². The minimum atomic E-state index is 0.309. The molecule has 1 nitrogen and oxygen atoms in total. The Balaban J connectivity index is 2.77. The molecule has 0 saturated carbocycles. The van der Waals surface area contributed by atoms with Crippen molar-refractivity contribution in [3.05, 3.63) is 54.6 Å². The van der Waals surface area contributed by atoms with Crippen LogP contribution < -0.4 is 0 Å². The van der Waals surface area contributed by atoms with Gasteiger partial charge in [0.15, 0.2) is 0 Å². The van der Waals surface area contributed by atoms with Crippen molar-refractivity contribution < 1.29 is 5.11 Å². The van der Waals surface area contributed by atoms with E-state index in [0.29, 0.717) is 11.7 Å². The van der Waals surface area contributed by atoms with E-state index in [2.05, 4.69) is 19.6 Å². The fourth-order valence-corrected chi connectivity index (χ4v) is 1.13. The number of rotatable bonds is 3. The van der Waals surface area contributed by atoms with Gasteiger partial charge in [-0.05, 0) is 23.6 Å². The first-order chi connectivity index (χ1) is 6.24. The Morgan fingerprint density at radius 1 is 1.31 bits per heavy atom. The molecule has 0 radical (unpaired) electrons. The van der Waals surface area contributed by atoms with Gasteiger partial charge in [-0.3, -0.25) is 0 Å². The van der Waals surface area contributed by atoms with Gasteiger partial charge < -0.3 is 5.11 Å². The van der Waals surface area contributed by atoms with Gasteiger partial charge in [-0.1, -0.05) is 43.9 Å². The number of phenolic OH excluding ortho intramolecular Hbond substituents is 1. The van der Waals surface area contributed by atoms with Gasteiger partial charge in [0, 0.05) is 0 Å². The zero-order valence-electron chi connectivity index (χ0n) is 7.77. The van der Waals surface area contributed by atoms with Crippen molar-refractivity contribution >= 4 is 0 Å².